The number of nitrogens with zero attached hydrogens (tertiary/aromatic N) is 5. The van der Waals surface area contributed by atoms with Crippen LogP contribution in [0.25, 0.3) is 0 Å². The van der Waals surface area contributed by atoms with Crippen LogP contribution in [0.1, 0.15) is 4.88 Å². The molecule has 7 nitrogen and oxygen atoms in total. The van der Waals surface area contributed by atoms with E-state index in [4.69, 9.17) is 0 Å². The van der Waals surface area contributed by atoms with Crippen LogP contribution >= 0.6 is 11.3 Å². The normalized spacial score (nSPS) is 16.4. The minimum atomic E-state index is -3.39. The Kier molecular flexibility index (Phi) is 4.75. The van der Waals surface area contributed by atoms with Crippen molar-refractivity contribution >= 4 is 32.9 Å². The van der Waals surface area contributed by atoms with Crippen molar-refractivity contribution < 1.29 is 8.42 Å². The first-order chi connectivity index (χ1) is 11.4. The van der Waals surface area contributed by atoms with Crippen LogP contribution in [0.5, 0.6) is 0 Å². The van der Waals surface area contributed by atoms with Gasteiger partial charge in [-0.25, -0.2) is 8.42 Å². The smallest absolute Gasteiger partial charge is 0.252 e. The van der Waals surface area contributed by atoms with Gasteiger partial charge in [0, 0.05) is 51.2 Å². The molecule has 130 valence electrons. The third-order valence-corrected chi connectivity index (χ3v) is 7.38. The van der Waals surface area contributed by atoms with Crippen LogP contribution in [0.15, 0.2) is 28.6 Å². The molecule has 3 heterocycles. The van der Waals surface area contributed by atoms with Gasteiger partial charge in [0.2, 0.25) is 0 Å². The van der Waals surface area contributed by atoms with E-state index < -0.39 is 10.0 Å². The van der Waals surface area contributed by atoms with Crippen molar-refractivity contribution in [3.63, 3.8) is 0 Å². The average Bonchev–Trinajstić information content (AvgIpc) is 3.02. The second kappa shape index (κ2) is 6.66. The Morgan fingerprint density at radius 1 is 1.17 bits per heavy atom. The minimum Gasteiger partial charge on any atom is -0.376 e. The molecule has 2 aromatic rings. The highest BCUT2D eigenvalue weighted by Gasteiger charge is 2.30. The molecule has 1 aliphatic rings. The summed E-state index contributed by atoms with van der Waals surface area (Å²) in [7, 11) is 0.518. The minimum absolute atomic E-state index is 0.419. The summed E-state index contributed by atoms with van der Waals surface area (Å²) >= 11 is 1.32. The highest BCUT2D eigenvalue weighted by atomic mass is 32.2. The van der Waals surface area contributed by atoms with Gasteiger partial charge in [-0.1, -0.05) is 0 Å². The molecule has 0 N–H and O–H groups in total. The number of rotatable bonds is 4. The quantitative estimate of drug-likeness (QED) is 0.814. The molecule has 2 aromatic heterocycles. The third kappa shape index (κ3) is 3.38. The maximum atomic E-state index is 12.7. The van der Waals surface area contributed by atoms with Gasteiger partial charge in [0.15, 0.2) is 5.82 Å². The van der Waals surface area contributed by atoms with Gasteiger partial charge in [0.1, 0.15) is 4.21 Å². The summed E-state index contributed by atoms with van der Waals surface area (Å²) in [5, 5.41) is 8.21. The molecule has 0 aromatic carbocycles. The molecule has 3 rings (SSSR count). The van der Waals surface area contributed by atoms with E-state index in [1.807, 2.05) is 38.1 Å². The van der Waals surface area contributed by atoms with E-state index in [2.05, 4.69) is 15.1 Å². The maximum absolute atomic E-state index is 12.7. The van der Waals surface area contributed by atoms with Crippen molar-refractivity contribution in [2.75, 3.05) is 50.1 Å². The van der Waals surface area contributed by atoms with Gasteiger partial charge in [-0.15, -0.1) is 16.4 Å². The van der Waals surface area contributed by atoms with Crippen molar-refractivity contribution in [1.29, 1.82) is 0 Å². The van der Waals surface area contributed by atoms with E-state index >= 15 is 0 Å². The van der Waals surface area contributed by atoms with Gasteiger partial charge in [0.25, 0.3) is 10.0 Å². The standard InChI is InChI=1S/C15H21N5O2S2/c1-12-4-5-15(23-12)24(21,22)20-8-6-19(7-9-20)14-10-13(18(2)3)11-16-17-14/h4-5,10-11H,6-9H2,1-3H3. The average molecular weight is 368 g/mol. The number of hydrogen-bond donors (Lipinski definition) is 0. The molecule has 9 heteroatoms. The van der Waals surface area contributed by atoms with Crippen molar-refractivity contribution in [1.82, 2.24) is 14.5 Å². The zero-order chi connectivity index (χ0) is 17.3. The molecule has 0 radical (unpaired) electrons. The molecule has 0 amide bonds. The molecule has 0 spiro atoms. The lowest BCUT2D eigenvalue weighted by Crippen LogP contribution is -2.48. The molecule has 0 aliphatic carbocycles. The van der Waals surface area contributed by atoms with E-state index in [1.165, 1.54) is 11.3 Å². The SMILES string of the molecule is Cc1ccc(S(=O)(=O)N2CCN(c3cc(N(C)C)cnn3)CC2)s1. The lowest BCUT2D eigenvalue weighted by atomic mass is 10.3. The topological polar surface area (TPSA) is 69.6 Å². The first-order valence-corrected chi connectivity index (χ1v) is 9.95. The molecule has 1 aliphatic heterocycles. The fraction of sp³-hybridized carbons (Fsp3) is 0.467. The molecule has 1 fully saturated rings. The summed E-state index contributed by atoms with van der Waals surface area (Å²) in [6, 6.07) is 5.50. The monoisotopic (exact) mass is 367 g/mol. The lowest BCUT2D eigenvalue weighted by Gasteiger charge is -2.34. The number of thiophene rings is 1. The van der Waals surface area contributed by atoms with Crippen molar-refractivity contribution in [2.24, 2.45) is 0 Å². The van der Waals surface area contributed by atoms with Gasteiger partial charge in [0.05, 0.1) is 11.9 Å². The molecule has 0 unspecified atom stereocenters. The summed E-state index contributed by atoms with van der Waals surface area (Å²) in [6.07, 6.45) is 1.71. The largest absolute Gasteiger partial charge is 0.376 e. The summed E-state index contributed by atoms with van der Waals surface area (Å²) < 4.78 is 27.3. The van der Waals surface area contributed by atoms with Crippen molar-refractivity contribution in [2.45, 2.75) is 11.1 Å². The van der Waals surface area contributed by atoms with Crippen LogP contribution in [0.4, 0.5) is 11.5 Å². The van der Waals surface area contributed by atoms with E-state index in [1.54, 1.807) is 16.6 Å². The molecule has 24 heavy (non-hydrogen) atoms. The Morgan fingerprint density at radius 3 is 2.46 bits per heavy atom. The summed E-state index contributed by atoms with van der Waals surface area (Å²) in [5.74, 6) is 0.783. The second-order valence-corrected chi connectivity index (χ2v) is 9.38. The van der Waals surface area contributed by atoms with E-state index in [0.717, 1.165) is 16.4 Å². The van der Waals surface area contributed by atoms with Crippen LogP contribution < -0.4 is 9.80 Å². The van der Waals surface area contributed by atoms with Crippen LogP contribution in [0.2, 0.25) is 0 Å². The number of aromatic nitrogens is 2. The Balaban J connectivity index is 1.71. The second-order valence-electron chi connectivity index (χ2n) is 5.92. The summed E-state index contributed by atoms with van der Waals surface area (Å²) in [5.41, 5.74) is 0.976. The highest BCUT2D eigenvalue weighted by Crippen LogP contribution is 2.26. The number of piperazine rings is 1. The molecule has 0 bridgehead atoms. The van der Waals surface area contributed by atoms with Crippen LogP contribution in [0.3, 0.4) is 0 Å². The predicted molar refractivity (Wildman–Crippen MR) is 96.4 cm³/mol. The Bertz CT molecular complexity index is 811. The van der Waals surface area contributed by atoms with Crippen molar-refractivity contribution in [3.8, 4) is 0 Å². The summed E-state index contributed by atoms with van der Waals surface area (Å²) in [6.45, 7) is 4.03. The fourth-order valence-corrected chi connectivity index (χ4v) is 5.44. The molecule has 0 saturated carbocycles. The fourth-order valence-electron chi connectivity index (χ4n) is 2.58. The zero-order valence-electron chi connectivity index (χ0n) is 14.0. The van der Waals surface area contributed by atoms with Gasteiger partial charge in [-0.3, -0.25) is 0 Å². The Labute approximate surface area is 146 Å². The Morgan fingerprint density at radius 2 is 1.88 bits per heavy atom. The zero-order valence-corrected chi connectivity index (χ0v) is 15.6. The van der Waals surface area contributed by atoms with Gasteiger partial charge in [-0.2, -0.15) is 9.40 Å². The first-order valence-electron chi connectivity index (χ1n) is 7.69. The van der Waals surface area contributed by atoms with Crippen molar-refractivity contribution in [3.05, 3.63) is 29.3 Å². The van der Waals surface area contributed by atoms with Crippen LogP contribution in [-0.4, -0.2) is 63.2 Å². The van der Waals surface area contributed by atoms with E-state index in [0.29, 0.717) is 30.4 Å². The number of anilines is 2. The number of hydrogen-bond acceptors (Lipinski definition) is 7. The third-order valence-electron chi connectivity index (χ3n) is 4.02. The number of aryl methyl sites for hydroxylation is 1. The van der Waals surface area contributed by atoms with E-state index in [9.17, 15) is 8.42 Å². The van der Waals surface area contributed by atoms with Gasteiger partial charge >= 0.3 is 0 Å². The predicted octanol–water partition coefficient (Wildman–Crippen LogP) is 1.42. The number of sulfonamides is 1. The van der Waals surface area contributed by atoms with Gasteiger partial charge < -0.3 is 9.80 Å². The van der Waals surface area contributed by atoms with Crippen LogP contribution in [-0.2, 0) is 10.0 Å². The van der Waals surface area contributed by atoms with Gasteiger partial charge in [-0.05, 0) is 19.1 Å². The highest BCUT2D eigenvalue weighted by molar-refractivity contribution is 7.91. The summed E-state index contributed by atoms with van der Waals surface area (Å²) in [4.78, 5) is 5.05. The first kappa shape index (κ1) is 17.1. The molecule has 1 saturated heterocycles. The Hall–Kier alpha value is -1.71. The van der Waals surface area contributed by atoms with Crippen LogP contribution in [0, 0.1) is 6.92 Å². The molecular formula is C15H21N5O2S2. The van der Waals surface area contributed by atoms with E-state index in [-0.39, 0.29) is 0 Å². The molecule has 0 atom stereocenters. The lowest BCUT2D eigenvalue weighted by molar-refractivity contribution is 0.384. The molecular weight excluding hydrogens is 346 g/mol. The maximum Gasteiger partial charge on any atom is 0.252 e.